The van der Waals surface area contributed by atoms with Crippen molar-refractivity contribution in [1.82, 2.24) is 5.32 Å². The molecule has 6 heteroatoms. The van der Waals surface area contributed by atoms with E-state index in [-0.39, 0.29) is 17.9 Å². The minimum atomic E-state index is -0.998. The van der Waals surface area contributed by atoms with Crippen LogP contribution in [0.25, 0.3) is 0 Å². The predicted molar refractivity (Wildman–Crippen MR) is 77.1 cm³/mol. The highest BCUT2D eigenvalue weighted by atomic mass is 79.9. The van der Waals surface area contributed by atoms with E-state index in [2.05, 4.69) is 21.2 Å². The van der Waals surface area contributed by atoms with E-state index in [9.17, 15) is 14.0 Å². The molecule has 0 saturated carbocycles. The van der Waals surface area contributed by atoms with Crippen molar-refractivity contribution >= 4 is 27.8 Å². The average Bonchev–Trinajstić information content (AvgIpc) is 2.25. The lowest BCUT2D eigenvalue weighted by Gasteiger charge is -2.33. The second kappa shape index (κ2) is 6.35. The van der Waals surface area contributed by atoms with Gasteiger partial charge in [0.2, 0.25) is 0 Å². The summed E-state index contributed by atoms with van der Waals surface area (Å²) in [6, 6.07) is 3.84. The molecule has 20 heavy (non-hydrogen) atoms. The van der Waals surface area contributed by atoms with Gasteiger partial charge in [0.05, 0.1) is 12.0 Å². The molecule has 4 nitrogen and oxygen atoms in total. The number of benzene rings is 1. The maximum absolute atomic E-state index is 13.3. The predicted octanol–water partition coefficient (Wildman–Crippen LogP) is 3.21. The number of carboxylic acids is 1. The lowest BCUT2D eigenvalue weighted by atomic mass is 9.85. The molecular weight excluding hydrogens is 329 g/mol. The van der Waals surface area contributed by atoms with Gasteiger partial charge in [-0.3, -0.25) is 9.59 Å². The van der Waals surface area contributed by atoms with Crippen LogP contribution in [0.4, 0.5) is 4.39 Å². The van der Waals surface area contributed by atoms with E-state index in [1.54, 1.807) is 6.92 Å². The number of hydrogen-bond donors (Lipinski definition) is 2. The third-order valence-electron chi connectivity index (χ3n) is 3.32. The molecule has 0 aromatic heterocycles. The molecule has 0 radical (unpaired) electrons. The van der Waals surface area contributed by atoms with Crippen LogP contribution < -0.4 is 5.32 Å². The zero-order chi connectivity index (χ0) is 15.5. The third kappa shape index (κ3) is 4.30. The molecule has 0 fully saturated rings. The average molecular weight is 346 g/mol. The molecule has 0 aliphatic carbocycles. The van der Waals surface area contributed by atoms with E-state index in [1.807, 2.05) is 13.8 Å². The van der Waals surface area contributed by atoms with E-state index in [1.165, 1.54) is 12.1 Å². The van der Waals surface area contributed by atoms with Crippen LogP contribution in [0.2, 0.25) is 0 Å². The van der Waals surface area contributed by atoms with Gasteiger partial charge < -0.3 is 10.4 Å². The molecule has 0 heterocycles. The highest BCUT2D eigenvalue weighted by Crippen LogP contribution is 2.22. The topological polar surface area (TPSA) is 66.4 Å². The Morgan fingerprint density at radius 2 is 2.00 bits per heavy atom. The van der Waals surface area contributed by atoms with Gasteiger partial charge in [0.15, 0.2) is 0 Å². The molecule has 0 bridgehead atoms. The van der Waals surface area contributed by atoms with E-state index < -0.39 is 23.2 Å². The Hall–Kier alpha value is -1.43. The first-order valence-corrected chi connectivity index (χ1v) is 6.94. The molecule has 0 spiro atoms. The van der Waals surface area contributed by atoms with Crippen LogP contribution in [0.15, 0.2) is 22.7 Å². The van der Waals surface area contributed by atoms with Crippen molar-refractivity contribution in [3.05, 3.63) is 34.1 Å². The molecule has 110 valence electrons. The number of halogens is 2. The van der Waals surface area contributed by atoms with Gasteiger partial charge in [0, 0.05) is 10.0 Å². The molecule has 1 unspecified atom stereocenters. The number of hydrogen-bond acceptors (Lipinski definition) is 2. The second-order valence-electron chi connectivity index (χ2n) is 5.25. The normalized spacial score (nSPS) is 13.9. The zero-order valence-electron chi connectivity index (χ0n) is 11.5. The van der Waals surface area contributed by atoms with Gasteiger partial charge in [-0.25, -0.2) is 4.39 Å². The van der Waals surface area contributed by atoms with Crippen LogP contribution in [0.1, 0.15) is 37.6 Å². The monoisotopic (exact) mass is 345 g/mol. The molecular formula is C14H17BrFNO3. The Kier molecular flexibility index (Phi) is 5.28. The van der Waals surface area contributed by atoms with Gasteiger partial charge in [0.1, 0.15) is 5.82 Å². The summed E-state index contributed by atoms with van der Waals surface area (Å²) in [5.41, 5.74) is -0.754. The van der Waals surface area contributed by atoms with Crippen LogP contribution >= 0.6 is 15.9 Å². The van der Waals surface area contributed by atoms with E-state index in [0.29, 0.717) is 4.47 Å². The summed E-state index contributed by atoms with van der Waals surface area (Å²) in [5, 5.41) is 11.6. The number of amides is 1. The Labute approximate surface area is 125 Å². The molecule has 0 aliphatic heterocycles. The van der Waals surface area contributed by atoms with E-state index in [0.717, 1.165) is 6.07 Å². The van der Waals surface area contributed by atoms with E-state index in [4.69, 9.17) is 5.11 Å². The largest absolute Gasteiger partial charge is 0.481 e. The van der Waals surface area contributed by atoms with Crippen LogP contribution in [0.3, 0.4) is 0 Å². The number of aliphatic carboxylic acids is 1. The van der Waals surface area contributed by atoms with Crippen molar-refractivity contribution < 1.29 is 19.1 Å². The van der Waals surface area contributed by atoms with Gasteiger partial charge in [-0.15, -0.1) is 0 Å². The molecule has 1 aromatic rings. The minimum Gasteiger partial charge on any atom is -0.481 e. The Morgan fingerprint density at radius 3 is 2.45 bits per heavy atom. The third-order valence-corrected chi connectivity index (χ3v) is 3.77. The molecule has 1 rings (SSSR count). The number of carbonyl (C=O) groups excluding carboxylic acids is 1. The Bertz CT molecular complexity index is 513. The van der Waals surface area contributed by atoms with Gasteiger partial charge in [0.25, 0.3) is 5.91 Å². The Morgan fingerprint density at radius 1 is 1.40 bits per heavy atom. The summed E-state index contributed by atoms with van der Waals surface area (Å²) in [4.78, 5) is 23.1. The van der Waals surface area contributed by atoms with Gasteiger partial charge in [-0.2, -0.15) is 0 Å². The highest BCUT2D eigenvalue weighted by Gasteiger charge is 2.33. The standard InChI is InChI=1S/C14H17BrFNO3/c1-8(2)14(3,7-12(18)19)17-13(20)9-4-10(15)6-11(16)5-9/h4-6,8H,7H2,1-3H3,(H,17,20)(H,18,19). The van der Waals surface area contributed by atoms with Gasteiger partial charge in [-0.05, 0) is 31.0 Å². The fourth-order valence-corrected chi connectivity index (χ4v) is 2.19. The summed E-state index contributed by atoms with van der Waals surface area (Å²) in [6.07, 6.45) is -0.201. The smallest absolute Gasteiger partial charge is 0.305 e. The Balaban J connectivity index is 2.99. The first-order valence-electron chi connectivity index (χ1n) is 6.14. The SMILES string of the molecule is CC(C)C(C)(CC(=O)O)NC(=O)c1cc(F)cc(Br)c1. The minimum absolute atomic E-state index is 0.0838. The van der Waals surface area contributed by atoms with Crippen LogP contribution in [-0.2, 0) is 4.79 Å². The molecule has 0 aliphatic rings. The van der Waals surface area contributed by atoms with Crippen molar-refractivity contribution in [2.75, 3.05) is 0 Å². The first kappa shape index (κ1) is 16.6. The molecule has 0 saturated heterocycles. The summed E-state index contributed by atoms with van der Waals surface area (Å²) in [6.45, 7) is 5.31. The fraction of sp³-hybridized carbons (Fsp3) is 0.429. The van der Waals surface area contributed by atoms with Gasteiger partial charge >= 0.3 is 5.97 Å². The lowest BCUT2D eigenvalue weighted by molar-refractivity contribution is -0.138. The highest BCUT2D eigenvalue weighted by molar-refractivity contribution is 9.10. The number of carboxylic acid groups (broad SMARTS) is 1. The zero-order valence-corrected chi connectivity index (χ0v) is 13.1. The molecule has 1 atom stereocenters. The number of rotatable bonds is 5. The van der Waals surface area contributed by atoms with Crippen molar-refractivity contribution in [3.63, 3.8) is 0 Å². The summed E-state index contributed by atoms with van der Waals surface area (Å²) in [7, 11) is 0. The van der Waals surface area contributed by atoms with Crippen LogP contribution in [0.5, 0.6) is 0 Å². The number of carbonyl (C=O) groups is 2. The summed E-state index contributed by atoms with van der Waals surface area (Å²) < 4.78 is 13.7. The quantitative estimate of drug-likeness (QED) is 0.860. The maximum atomic E-state index is 13.3. The second-order valence-corrected chi connectivity index (χ2v) is 6.17. The fourth-order valence-electron chi connectivity index (χ4n) is 1.72. The van der Waals surface area contributed by atoms with Crippen molar-refractivity contribution in [2.45, 2.75) is 32.7 Å². The number of nitrogens with one attached hydrogen (secondary N) is 1. The molecule has 2 N–H and O–H groups in total. The molecule has 1 aromatic carbocycles. The molecule has 1 amide bonds. The van der Waals surface area contributed by atoms with E-state index >= 15 is 0 Å². The maximum Gasteiger partial charge on any atom is 0.305 e. The lowest BCUT2D eigenvalue weighted by Crippen LogP contribution is -2.51. The van der Waals surface area contributed by atoms with Crippen molar-refractivity contribution in [3.8, 4) is 0 Å². The summed E-state index contributed by atoms with van der Waals surface area (Å²) >= 11 is 3.12. The van der Waals surface area contributed by atoms with Crippen LogP contribution in [-0.4, -0.2) is 22.5 Å². The van der Waals surface area contributed by atoms with Crippen molar-refractivity contribution in [2.24, 2.45) is 5.92 Å². The van der Waals surface area contributed by atoms with Crippen molar-refractivity contribution in [1.29, 1.82) is 0 Å². The van der Waals surface area contributed by atoms with Crippen LogP contribution in [0, 0.1) is 11.7 Å². The summed E-state index contributed by atoms with van der Waals surface area (Å²) in [5.74, 6) is -2.11. The first-order chi connectivity index (χ1) is 9.14. The van der Waals surface area contributed by atoms with Gasteiger partial charge in [-0.1, -0.05) is 29.8 Å².